The fraction of sp³-hybridized carbons (Fsp3) is 0.160. The van der Waals surface area contributed by atoms with Crippen molar-refractivity contribution < 1.29 is 17.6 Å². The lowest BCUT2D eigenvalue weighted by molar-refractivity contribution is 0.364. The van der Waals surface area contributed by atoms with Gasteiger partial charge in [-0.15, -0.1) is 11.3 Å². The minimum Gasteiger partial charge on any atom is -0.497 e. The molecule has 0 bridgehead atoms. The highest BCUT2D eigenvalue weighted by molar-refractivity contribution is 7.89. The Balaban J connectivity index is 1.41. The Kier molecular flexibility index (Phi) is 6.23. The van der Waals surface area contributed by atoms with Gasteiger partial charge in [0.15, 0.2) is 4.96 Å². The lowest BCUT2D eigenvalue weighted by atomic mass is 10.2. The van der Waals surface area contributed by atoms with Crippen LogP contribution in [0, 0.1) is 0 Å². The van der Waals surface area contributed by atoms with Gasteiger partial charge >= 0.3 is 0 Å². The van der Waals surface area contributed by atoms with Crippen LogP contribution in [0.4, 0.5) is 0 Å². The van der Waals surface area contributed by atoms with Crippen LogP contribution in [0.25, 0.3) is 16.2 Å². The normalized spacial score (nSPS) is 11.9. The van der Waals surface area contributed by atoms with E-state index in [1.807, 2.05) is 46.3 Å². The molecule has 5 rings (SSSR count). The van der Waals surface area contributed by atoms with Gasteiger partial charge in [-0.25, -0.2) is 13.4 Å². The van der Waals surface area contributed by atoms with Gasteiger partial charge in [-0.2, -0.15) is 4.31 Å². The van der Waals surface area contributed by atoms with E-state index in [0.29, 0.717) is 24.5 Å². The average molecular weight is 494 g/mol. The van der Waals surface area contributed by atoms with E-state index in [2.05, 4.69) is 0 Å². The van der Waals surface area contributed by atoms with E-state index >= 15 is 0 Å². The molecule has 0 N–H and O–H groups in total. The van der Waals surface area contributed by atoms with E-state index in [1.54, 1.807) is 61.1 Å². The first kappa shape index (κ1) is 22.4. The largest absolute Gasteiger partial charge is 0.497 e. The molecule has 0 atom stereocenters. The van der Waals surface area contributed by atoms with Crippen LogP contribution >= 0.6 is 11.3 Å². The first-order valence-corrected chi connectivity index (χ1v) is 13.0. The Morgan fingerprint density at radius 3 is 2.56 bits per heavy atom. The molecule has 0 saturated carbocycles. The number of aromatic nitrogens is 2. The number of sulfonamides is 1. The second-order valence-electron chi connectivity index (χ2n) is 7.72. The zero-order chi connectivity index (χ0) is 23.5. The number of hydrogen-bond acceptors (Lipinski definition) is 6. The molecule has 0 saturated heterocycles. The number of thiazole rings is 1. The second-order valence-corrected chi connectivity index (χ2v) is 10.5. The molecule has 174 valence electrons. The van der Waals surface area contributed by atoms with Crippen molar-refractivity contribution in [2.45, 2.75) is 17.9 Å². The van der Waals surface area contributed by atoms with Gasteiger partial charge in [0.05, 0.1) is 30.5 Å². The Bertz CT molecular complexity index is 1470. The Morgan fingerprint density at radius 2 is 1.85 bits per heavy atom. The number of ether oxygens (including phenoxy) is 1. The quantitative estimate of drug-likeness (QED) is 0.286. The van der Waals surface area contributed by atoms with Gasteiger partial charge in [0.1, 0.15) is 11.5 Å². The number of nitrogens with zero attached hydrogens (tertiary/aromatic N) is 3. The van der Waals surface area contributed by atoms with Gasteiger partial charge < -0.3 is 9.15 Å². The van der Waals surface area contributed by atoms with Crippen LogP contribution in [-0.2, 0) is 23.0 Å². The zero-order valence-corrected chi connectivity index (χ0v) is 20.1. The van der Waals surface area contributed by atoms with Crippen molar-refractivity contribution >= 4 is 26.3 Å². The zero-order valence-electron chi connectivity index (χ0n) is 18.5. The fourth-order valence-corrected chi connectivity index (χ4v) is 6.07. The number of imidazole rings is 1. The van der Waals surface area contributed by atoms with Crippen LogP contribution in [-0.4, -0.2) is 35.8 Å². The van der Waals surface area contributed by atoms with Crippen molar-refractivity contribution in [1.82, 2.24) is 13.7 Å². The molecule has 0 aliphatic rings. The summed E-state index contributed by atoms with van der Waals surface area (Å²) in [5.41, 5.74) is 2.95. The molecule has 0 fully saturated rings. The number of fused-ring (bicyclic) bond motifs is 1. The Hall–Kier alpha value is -3.40. The van der Waals surface area contributed by atoms with Gasteiger partial charge in [0.25, 0.3) is 0 Å². The molecule has 0 unspecified atom stereocenters. The maximum absolute atomic E-state index is 13.5. The summed E-state index contributed by atoms with van der Waals surface area (Å²) in [5.74, 6) is 1.19. The van der Waals surface area contributed by atoms with Crippen LogP contribution in [0.2, 0.25) is 0 Å². The number of hydrogen-bond donors (Lipinski definition) is 0. The molecule has 0 radical (unpaired) electrons. The standard InChI is InChI=1S/C25H23N3O4S2/c1-31-21-9-11-23(12-10-21)34(29,30)27(16-22-8-5-15-32-22)14-13-20-18-33-25-26-24(17-28(20)25)19-6-3-2-4-7-19/h2-12,15,17-18H,13-14,16H2,1H3. The lowest BCUT2D eigenvalue weighted by Crippen LogP contribution is -2.32. The fourth-order valence-electron chi connectivity index (χ4n) is 3.75. The SMILES string of the molecule is COc1ccc(S(=O)(=O)N(CCc2csc3nc(-c4ccccc4)cn23)Cc2ccco2)cc1. The summed E-state index contributed by atoms with van der Waals surface area (Å²) in [6.07, 6.45) is 4.08. The molecular formula is C25H23N3O4S2. The topological polar surface area (TPSA) is 77.1 Å². The minimum absolute atomic E-state index is 0.147. The summed E-state index contributed by atoms with van der Waals surface area (Å²) in [5, 5.41) is 2.03. The molecule has 5 aromatic rings. The highest BCUT2D eigenvalue weighted by Gasteiger charge is 2.26. The van der Waals surface area contributed by atoms with E-state index in [9.17, 15) is 8.42 Å². The van der Waals surface area contributed by atoms with Crippen LogP contribution < -0.4 is 4.74 Å². The molecule has 0 aliphatic heterocycles. The predicted octanol–water partition coefficient (Wildman–Crippen LogP) is 5.10. The molecule has 0 amide bonds. The lowest BCUT2D eigenvalue weighted by Gasteiger charge is -2.21. The number of furan rings is 1. The van der Waals surface area contributed by atoms with E-state index < -0.39 is 10.0 Å². The maximum Gasteiger partial charge on any atom is 0.243 e. The Morgan fingerprint density at radius 1 is 1.06 bits per heavy atom. The molecule has 34 heavy (non-hydrogen) atoms. The summed E-state index contributed by atoms with van der Waals surface area (Å²) in [6, 6.07) is 20.0. The smallest absolute Gasteiger partial charge is 0.243 e. The Labute approximate surface area is 201 Å². The van der Waals surface area contributed by atoms with Crippen molar-refractivity contribution in [2.75, 3.05) is 13.7 Å². The van der Waals surface area contributed by atoms with Gasteiger partial charge in [0, 0.05) is 35.8 Å². The molecule has 2 aromatic carbocycles. The summed E-state index contributed by atoms with van der Waals surface area (Å²) < 4.78 is 41.1. The van der Waals surface area contributed by atoms with Gasteiger partial charge in [-0.3, -0.25) is 4.40 Å². The molecule has 9 heteroatoms. The van der Waals surface area contributed by atoms with Crippen molar-refractivity contribution in [3.63, 3.8) is 0 Å². The monoisotopic (exact) mass is 493 g/mol. The molecule has 7 nitrogen and oxygen atoms in total. The van der Waals surface area contributed by atoms with Gasteiger partial charge in [-0.1, -0.05) is 30.3 Å². The highest BCUT2D eigenvalue weighted by atomic mass is 32.2. The van der Waals surface area contributed by atoms with E-state index in [0.717, 1.165) is 21.9 Å². The molecule has 3 heterocycles. The van der Waals surface area contributed by atoms with Gasteiger partial charge in [-0.05, 0) is 36.4 Å². The third kappa shape index (κ3) is 4.50. The van der Waals surface area contributed by atoms with Crippen molar-refractivity contribution in [2.24, 2.45) is 0 Å². The number of rotatable bonds is 9. The van der Waals surface area contributed by atoms with Crippen molar-refractivity contribution in [3.8, 4) is 17.0 Å². The van der Waals surface area contributed by atoms with Gasteiger partial charge in [0.2, 0.25) is 10.0 Å². The second kappa shape index (κ2) is 9.46. The van der Waals surface area contributed by atoms with Crippen molar-refractivity contribution in [1.29, 1.82) is 0 Å². The van der Waals surface area contributed by atoms with Crippen LogP contribution in [0.3, 0.4) is 0 Å². The molecule has 3 aromatic heterocycles. The van der Waals surface area contributed by atoms with Crippen LogP contribution in [0.15, 0.2) is 93.9 Å². The van der Waals surface area contributed by atoms with Crippen LogP contribution in [0.5, 0.6) is 5.75 Å². The summed E-state index contributed by atoms with van der Waals surface area (Å²) >= 11 is 1.55. The average Bonchev–Trinajstić information content (AvgIpc) is 3.61. The summed E-state index contributed by atoms with van der Waals surface area (Å²) in [6.45, 7) is 0.438. The van der Waals surface area contributed by atoms with Crippen LogP contribution in [0.1, 0.15) is 11.5 Å². The summed E-state index contributed by atoms with van der Waals surface area (Å²) in [7, 11) is -2.20. The summed E-state index contributed by atoms with van der Waals surface area (Å²) in [4.78, 5) is 5.82. The highest BCUT2D eigenvalue weighted by Crippen LogP contribution is 2.26. The predicted molar refractivity (Wildman–Crippen MR) is 132 cm³/mol. The van der Waals surface area contributed by atoms with E-state index in [4.69, 9.17) is 14.1 Å². The molecule has 0 aliphatic carbocycles. The number of methoxy groups -OCH3 is 1. The third-order valence-corrected chi connectivity index (χ3v) is 8.33. The molecular weight excluding hydrogens is 470 g/mol. The first-order chi connectivity index (χ1) is 16.5. The third-order valence-electron chi connectivity index (χ3n) is 5.58. The molecule has 0 spiro atoms. The van der Waals surface area contributed by atoms with E-state index in [-0.39, 0.29) is 11.4 Å². The minimum atomic E-state index is -3.75. The maximum atomic E-state index is 13.5. The van der Waals surface area contributed by atoms with Crippen molar-refractivity contribution in [3.05, 3.63) is 96.0 Å². The number of benzene rings is 2. The first-order valence-electron chi connectivity index (χ1n) is 10.7. The van der Waals surface area contributed by atoms with E-state index in [1.165, 1.54) is 4.31 Å².